The monoisotopic (exact) mass is 339 g/mol. The molecule has 1 aromatic carbocycles. The van der Waals surface area contributed by atoms with Crippen molar-refractivity contribution in [1.82, 2.24) is 24.7 Å². The number of nitrogens with zero attached hydrogens (tertiary/aromatic N) is 6. The highest BCUT2D eigenvalue weighted by Crippen LogP contribution is 2.24. The zero-order valence-corrected chi connectivity index (χ0v) is 13.1. The quantitative estimate of drug-likeness (QED) is 0.770. The third kappa shape index (κ3) is 3.16. The van der Waals surface area contributed by atoms with Gasteiger partial charge in [0.1, 0.15) is 30.6 Å². The van der Waals surface area contributed by atoms with Gasteiger partial charge < -0.3 is 10.2 Å². The van der Waals surface area contributed by atoms with E-state index in [4.69, 9.17) is 0 Å². The minimum Gasteiger partial charge on any atom is -0.355 e. The van der Waals surface area contributed by atoms with E-state index in [9.17, 15) is 9.18 Å². The van der Waals surface area contributed by atoms with Crippen LogP contribution in [0.3, 0.4) is 0 Å². The molecule has 0 spiro atoms. The number of rotatable bonds is 4. The second-order valence-corrected chi connectivity index (χ2v) is 5.67. The summed E-state index contributed by atoms with van der Waals surface area (Å²) in [6, 6.07) is 7.50. The third-order valence-electron chi connectivity index (χ3n) is 3.98. The molecule has 1 amide bonds. The molecule has 0 aliphatic carbocycles. The summed E-state index contributed by atoms with van der Waals surface area (Å²) in [7, 11) is 0. The van der Waals surface area contributed by atoms with Gasteiger partial charge in [-0.3, -0.25) is 4.79 Å². The average molecular weight is 339 g/mol. The minimum absolute atomic E-state index is 0.0894. The summed E-state index contributed by atoms with van der Waals surface area (Å²) >= 11 is 0. The lowest BCUT2D eigenvalue weighted by Crippen LogP contribution is -2.52. The van der Waals surface area contributed by atoms with Crippen molar-refractivity contribution >= 4 is 17.4 Å². The molecule has 3 heterocycles. The van der Waals surface area contributed by atoms with Gasteiger partial charge in [0.25, 0.3) is 0 Å². The molecule has 126 valence electrons. The van der Waals surface area contributed by atoms with E-state index in [1.807, 2.05) is 4.90 Å². The molecule has 1 N–H and O–H groups in total. The number of halogens is 1. The zero-order chi connectivity index (χ0) is 17.2. The van der Waals surface area contributed by atoms with Gasteiger partial charge in [-0.05, 0) is 24.3 Å². The topological polar surface area (TPSA) is 88.8 Å². The van der Waals surface area contributed by atoms with Crippen molar-refractivity contribution in [2.45, 2.75) is 0 Å². The summed E-state index contributed by atoms with van der Waals surface area (Å²) in [5, 5.41) is 6.82. The van der Waals surface area contributed by atoms with Crippen LogP contribution in [0.4, 0.5) is 15.9 Å². The Morgan fingerprint density at radius 3 is 2.60 bits per heavy atom. The number of hydrogen-bond donors (Lipinski definition) is 1. The van der Waals surface area contributed by atoms with Gasteiger partial charge in [-0.1, -0.05) is 0 Å². The number of nitrogens with one attached hydrogen (secondary N) is 1. The molecular formula is C16H14FN7O. The van der Waals surface area contributed by atoms with Crippen LogP contribution in [0, 0.1) is 11.7 Å². The number of carbonyl (C=O) groups is 1. The van der Waals surface area contributed by atoms with Gasteiger partial charge in [-0.2, -0.15) is 5.10 Å². The van der Waals surface area contributed by atoms with Crippen molar-refractivity contribution in [1.29, 1.82) is 0 Å². The maximum atomic E-state index is 12.9. The van der Waals surface area contributed by atoms with Gasteiger partial charge in [0.05, 0.1) is 5.92 Å². The zero-order valence-electron chi connectivity index (χ0n) is 13.1. The molecule has 2 aromatic heterocycles. The van der Waals surface area contributed by atoms with Crippen LogP contribution in [-0.2, 0) is 4.79 Å². The van der Waals surface area contributed by atoms with Crippen LogP contribution in [0.5, 0.6) is 0 Å². The lowest BCUT2D eigenvalue weighted by atomic mass is 9.99. The van der Waals surface area contributed by atoms with E-state index >= 15 is 0 Å². The standard InChI is InChI=1S/C16H14FN7O/c17-12-1-3-13(4-2-12)22-16(25)11-6-23(7-11)14-5-15(20-9-19-14)24-10-18-8-21-24/h1-5,8-11H,6-7H2,(H,22,25). The van der Waals surface area contributed by atoms with Gasteiger partial charge in [0, 0.05) is 24.8 Å². The van der Waals surface area contributed by atoms with Crippen molar-refractivity contribution in [2.75, 3.05) is 23.3 Å². The smallest absolute Gasteiger partial charge is 0.231 e. The van der Waals surface area contributed by atoms with Crippen LogP contribution in [0.1, 0.15) is 0 Å². The Morgan fingerprint density at radius 1 is 1.12 bits per heavy atom. The van der Waals surface area contributed by atoms with Crippen LogP contribution in [0.25, 0.3) is 5.82 Å². The molecule has 8 nitrogen and oxygen atoms in total. The molecule has 3 aromatic rings. The fourth-order valence-corrected chi connectivity index (χ4v) is 2.57. The molecule has 1 aliphatic rings. The lowest BCUT2D eigenvalue weighted by Gasteiger charge is -2.39. The maximum absolute atomic E-state index is 12.9. The Balaban J connectivity index is 1.38. The molecule has 0 atom stereocenters. The Kier molecular flexibility index (Phi) is 3.81. The van der Waals surface area contributed by atoms with E-state index in [1.54, 1.807) is 29.2 Å². The molecule has 9 heteroatoms. The van der Waals surface area contributed by atoms with Crippen molar-refractivity contribution in [2.24, 2.45) is 5.92 Å². The molecule has 25 heavy (non-hydrogen) atoms. The van der Waals surface area contributed by atoms with E-state index in [2.05, 4.69) is 25.4 Å². The van der Waals surface area contributed by atoms with E-state index in [1.165, 1.54) is 24.8 Å². The first-order valence-electron chi connectivity index (χ1n) is 7.67. The van der Waals surface area contributed by atoms with Crippen LogP contribution >= 0.6 is 0 Å². The van der Waals surface area contributed by atoms with Crippen LogP contribution in [-0.4, -0.2) is 43.7 Å². The maximum Gasteiger partial charge on any atom is 0.231 e. The van der Waals surface area contributed by atoms with Gasteiger partial charge in [-0.25, -0.2) is 24.0 Å². The number of carbonyl (C=O) groups excluding carboxylic acids is 1. The normalized spacial score (nSPS) is 14.2. The average Bonchev–Trinajstić information content (AvgIpc) is 3.10. The van der Waals surface area contributed by atoms with E-state index in [0.717, 1.165) is 5.82 Å². The second-order valence-electron chi connectivity index (χ2n) is 5.67. The minimum atomic E-state index is -0.334. The summed E-state index contributed by atoms with van der Waals surface area (Å²) < 4.78 is 14.4. The van der Waals surface area contributed by atoms with Crippen LogP contribution < -0.4 is 10.2 Å². The first kappa shape index (κ1) is 15.2. The van der Waals surface area contributed by atoms with Crippen LogP contribution in [0.15, 0.2) is 49.3 Å². The lowest BCUT2D eigenvalue weighted by molar-refractivity contribution is -0.120. The Morgan fingerprint density at radius 2 is 1.88 bits per heavy atom. The SMILES string of the molecule is O=C(Nc1ccc(F)cc1)C1CN(c2cc(-n3cncn3)ncn2)C1. The van der Waals surface area contributed by atoms with Gasteiger partial charge >= 0.3 is 0 Å². The molecule has 1 saturated heterocycles. The summed E-state index contributed by atoms with van der Waals surface area (Å²) in [6.45, 7) is 1.11. The highest BCUT2D eigenvalue weighted by Gasteiger charge is 2.33. The van der Waals surface area contributed by atoms with Crippen molar-refractivity contribution in [3.8, 4) is 5.82 Å². The van der Waals surface area contributed by atoms with Crippen molar-refractivity contribution in [3.63, 3.8) is 0 Å². The molecule has 1 fully saturated rings. The number of hydrogen-bond acceptors (Lipinski definition) is 6. The number of aromatic nitrogens is 5. The van der Waals surface area contributed by atoms with E-state index < -0.39 is 0 Å². The predicted octanol–water partition coefficient (Wildman–Crippen LogP) is 1.27. The van der Waals surface area contributed by atoms with E-state index in [-0.39, 0.29) is 17.6 Å². The van der Waals surface area contributed by atoms with Gasteiger partial charge in [0.2, 0.25) is 5.91 Å². The molecule has 0 bridgehead atoms. The van der Waals surface area contributed by atoms with Gasteiger partial charge in [-0.15, -0.1) is 0 Å². The Labute approximate surface area is 142 Å². The first-order valence-corrected chi connectivity index (χ1v) is 7.67. The summed E-state index contributed by atoms with van der Waals surface area (Å²) in [6.07, 6.45) is 4.45. The van der Waals surface area contributed by atoms with Crippen molar-refractivity contribution < 1.29 is 9.18 Å². The molecule has 0 unspecified atom stereocenters. The molecule has 0 saturated carbocycles. The number of anilines is 2. The number of amides is 1. The Hall–Kier alpha value is -3.36. The molecule has 1 aliphatic heterocycles. The van der Waals surface area contributed by atoms with Crippen molar-refractivity contribution in [3.05, 3.63) is 55.1 Å². The Bertz CT molecular complexity index is 876. The van der Waals surface area contributed by atoms with Crippen LogP contribution in [0.2, 0.25) is 0 Å². The van der Waals surface area contributed by atoms with E-state index in [0.29, 0.717) is 24.6 Å². The fourth-order valence-electron chi connectivity index (χ4n) is 2.57. The molecular weight excluding hydrogens is 325 g/mol. The fraction of sp³-hybridized carbons (Fsp3) is 0.188. The summed E-state index contributed by atoms with van der Waals surface area (Å²) in [5.41, 5.74) is 0.584. The number of benzene rings is 1. The molecule has 0 radical (unpaired) electrons. The van der Waals surface area contributed by atoms with Gasteiger partial charge in [0.15, 0.2) is 5.82 Å². The highest BCUT2D eigenvalue weighted by atomic mass is 19.1. The first-order chi connectivity index (χ1) is 12.2. The largest absolute Gasteiger partial charge is 0.355 e. The second kappa shape index (κ2) is 6.27. The third-order valence-corrected chi connectivity index (χ3v) is 3.98. The molecule has 4 rings (SSSR count). The summed E-state index contributed by atoms with van der Waals surface area (Å²) in [5.74, 6) is 0.774. The highest BCUT2D eigenvalue weighted by molar-refractivity contribution is 5.94. The summed E-state index contributed by atoms with van der Waals surface area (Å²) in [4.78, 5) is 26.5. The predicted molar refractivity (Wildman–Crippen MR) is 87.7 cm³/mol.